The second-order valence-electron chi connectivity index (χ2n) is 5.52. The van der Waals surface area contributed by atoms with E-state index >= 15 is 0 Å². The fourth-order valence-electron chi connectivity index (χ4n) is 2.96. The highest BCUT2D eigenvalue weighted by Gasteiger charge is 2.31. The van der Waals surface area contributed by atoms with Gasteiger partial charge in [-0.3, -0.25) is 4.79 Å². The number of anilines is 1. The molecule has 1 amide bonds. The molecule has 0 saturated heterocycles. The first-order valence-electron chi connectivity index (χ1n) is 7.01. The van der Waals surface area contributed by atoms with Crippen LogP contribution in [0.1, 0.15) is 34.9 Å². The average Bonchev–Trinajstić information content (AvgIpc) is 3.09. The second-order valence-corrected chi connectivity index (χ2v) is 6.43. The summed E-state index contributed by atoms with van der Waals surface area (Å²) in [4.78, 5) is 14.8. The number of amides is 1. The summed E-state index contributed by atoms with van der Waals surface area (Å²) < 4.78 is 3.12. The molecule has 0 unspecified atom stereocenters. The predicted molar refractivity (Wildman–Crippen MR) is 82.2 cm³/mol. The molecule has 3 nitrogen and oxygen atoms in total. The van der Waals surface area contributed by atoms with Crippen LogP contribution in [-0.4, -0.2) is 17.0 Å². The third-order valence-electron chi connectivity index (χ3n) is 4.11. The molecular weight excluding hydrogens is 316 g/mol. The molecule has 0 bridgehead atoms. The SMILES string of the molecule is O=C(c1cc(Br)cn1C1CC1)N1CCc2ccccc21. The summed E-state index contributed by atoms with van der Waals surface area (Å²) in [5.41, 5.74) is 3.14. The van der Waals surface area contributed by atoms with E-state index in [0.717, 1.165) is 28.8 Å². The van der Waals surface area contributed by atoms with Gasteiger partial charge < -0.3 is 9.47 Å². The van der Waals surface area contributed by atoms with Crippen molar-refractivity contribution >= 4 is 27.5 Å². The lowest BCUT2D eigenvalue weighted by Gasteiger charge is -2.18. The van der Waals surface area contributed by atoms with Crippen molar-refractivity contribution in [3.63, 3.8) is 0 Å². The summed E-state index contributed by atoms with van der Waals surface area (Å²) in [6, 6.07) is 10.6. The first-order chi connectivity index (χ1) is 9.74. The predicted octanol–water partition coefficient (Wildman–Crippen LogP) is 3.79. The molecule has 0 spiro atoms. The number of carbonyl (C=O) groups excluding carboxylic acids is 1. The van der Waals surface area contributed by atoms with Crippen LogP contribution in [-0.2, 0) is 6.42 Å². The molecule has 20 heavy (non-hydrogen) atoms. The molecule has 1 fully saturated rings. The maximum absolute atomic E-state index is 12.9. The van der Waals surface area contributed by atoms with Crippen LogP contribution < -0.4 is 4.90 Å². The first-order valence-corrected chi connectivity index (χ1v) is 7.80. The Kier molecular flexibility index (Phi) is 2.74. The largest absolute Gasteiger partial charge is 0.339 e. The van der Waals surface area contributed by atoms with Gasteiger partial charge in [0.1, 0.15) is 5.69 Å². The van der Waals surface area contributed by atoms with Gasteiger partial charge in [-0.25, -0.2) is 0 Å². The Bertz CT molecular complexity index is 688. The van der Waals surface area contributed by atoms with Crippen molar-refractivity contribution in [3.05, 3.63) is 52.3 Å². The highest BCUT2D eigenvalue weighted by atomic mass is 79.9. The Labute approximate surface area is 126 Å². The quantitative estimate of drug-likeness (QED) is 0.822. The van der Waals surface area contributed by atoms with E-state index in [0.29, 0.717) is 6.04 Å². The van der Waals surface area contributed by atoms with Crippen molar-refractivity contribution in [1.82, 2.24) is 4.57 Å². The van der Waals surface area contributed by atoms with Crippen LogP contribution in [0.15, 0.2) is 41.0 Å². The van der Waals surface area contributed by atoms with Gasteiger partial charge in [-0.2, -0.15) is 0 Å². The molecule has 2 heterocycles. The molecule has 0 radical (unpaired) electrons. The van der Waals surface area contributed by atoms with Crippen LogP contribution in [0.25, 0.3) is 0 Å². The van der Waals surface area contributed by atoms with E-state index in [-0.39, 0.29) is 5.91 Å². The lowest BCUT2D eigenvalue weighted by molar-refractivity contribution is 0.0980. The number of nitrogens with zero attached hydrogens (tertiary/aromatic N) is 2. The molecule has 1 saturated carbocycles. The molecule has 102 valence electrons. The number of fused-ring (bicyclic) bond motifs is 1. The summed E-state index contributed by atoms with van der Waals surface area (Å²) in [6.45, 7) is 0.783. The van der Waals surface area contributed by atoms with Gasteiger partial charge in [0.25, 0.3) is 5.91 Å². The maximum atomic E-state index is 12.9. The Morgan fingerprint density at radius 3 is 2.85 bits per heavy atom. The normalized spacial score (nSPS) is 17.4. The molecular formula is C16H15BrN2O. The number of hydrogen-bond acceptors (Lipinski definition) is 1. The van der Waals surface area contributed by atoms with Gasteiger partial charge in [0.05, 0.1) is 0 Å². The first kappa shape index (κ1) is 12.2. The molecule has 0 N–H and O–H groups in total. The van der Waals surface area contributed by atoms with Crippen LogP contribution in [0.5, 0.6) is 0 Å². The number of carbonyl (C=O) groups is 1. The molecule has 4 rings (SSSR count). The molecule has 1 aromatic carbocycles. The highest BCUT2D eigenvalue weighted by Crippen LogP contribution is 2.38. The summed E-state index contributed by atoms with van der Waals surface area (Å²) >= 11 is 3.50. The van der Waals surface area contributed by atoms with E-state index in [1.165, 1.54) is 18.4 Å². The number of halogens is 1. The van der Waals surface area contributed by atoms with Gasteiger partial charge in [-0.15, -0.1) is 0 Å². The lowest BCUT2D eigenvalue weighted by Crippen LogP contribution is -2.30. The summed E-state index contributed by atoms with van der Waals surface area (Å²) in [6.07, 6.45) is 5.34. The van der Waals surface area contributed by atoms with Gasteiger partial charge in [0.15, 0.2) is 0 Å². The van der Waals surface area contributed by atoms with Crippen molar-refractivity contribution in [3.8, 4) is 0 Å². The highest BCUT2D eigenvalue weighted by molar-refractivity contribution is 9.10. The lowest BCUT2D eigenvalue weighted by atomic mass is 10.2. The average molecular weight is 331 g/mol. The van der Waals surface area contributed by atoms with E-state index in [4.69, 9.17) is 0 Å². The van der Waals surface area contributed by atoms with Crippen molar-refractivity contribution in [2.45, 2.75) is 25.3 Å². The maximum Gasteiger partial charge on any atom is 0.274 e. The van der Waals surface area contributed by atoms with Gasteiger partial charge in [-0.1, -0.05) is 18.2 Å². The van der Waals surface area contributed by atoms with Crippen molar-refractivity contribution in [2.75, 3.05) is 11.4 Å². The van der Waals surface area contributed by atoms with Gasteiger partial charge in [0.2, 0.25) is 0 Å². The van der Waals surface area contributed by atoms with Crippen LogP contribution in [0, 0.1) is 0 Å². The number of hydrogen-bond donors (Lipinski definition) is 0. The van der Waals surface area contributed by atoms with Crippen LogP contribution >= 0.6 is 15.9 Å². The number of para-hydroxylation sites is 1. The number of benzene rings is 1. The molecule has 1 aliphatic carbocycles. The summed E-state index contributed by atoms with van der Waals surface area (Å²) in [5, 5.41) is 0. The monoisotopic (exact) mass is 330 g/mol. The molecule has 4 heteroatoms. The third kappa shape index (κ3) is 1.90. The van der Waals surface area contributed by atoms with Gasteiger partial charge >= 0.3 is 0 Å². The fourth-order valence-corrected chi connectivity index (χ4v) is 3.40. The Morgan fingerprint density at radius 1 is 1.25 bits per heavy atom. The van der Waals surface area contributed by atoms with E-state index in [1.807, 2.05) is 35.4 Å². The Balaban J connectivity index is 1.72. The minimum Gasteiger partial charge on any atom is -0.339 e. The van der Waals surface area contributed by atoms with Crippen molar-refractivity contribution in [1.29, 1.82) is 0 Å². The topological polar surface area (TPSA) is 25.2 Å². The van der Waals surface area contributed by atoms with Crippen LogP contribution in [0.3, 0.4) is 0 Å². The zero-order valence-corrected chi connectivity index (χ0v) is 12.6. The van der Waals surface area contributed by atoms with Crippen LogP contribution in [0.4, 0.5) is 5.69 Å². The van der Waals surface area contributed by atoms with Crippen molar-refractivity contribution < 1.29 is 4.79 Å². The summed E-state index contributed by atoms with van der Waals surface area (Å²) in [7, 11) is 0. The standard InChI is InChI=1S/C16H15BrN2O/c17-12-9-15(19(10-12)13-5-6-13)16(20)18-8-7-11-3-1-2-4-14(11)18/h1-4,9-10,13H,5-8H2. The minimum absolute atomic E-state index is 0.118. The van der Waals surface area contributed by atoms with Gasteiger partial charge in [0, 0.05) is 28.9 Å². The Morgan fingerprint density at radius 2 is 2.05 bits per heavy atom. The molecule has 1 aliphatic heterocycles. The zero-order valence-electron chi connectivity index (χ0n) is 11.1. The number of aromatic nitrogens is 1. The van der Waals surface area contributed by atoms with E-state index in [2.05, 4.69) is 26.6 Å². The number of rotatable bonds is 2. The zero-order chi connectivity index (χ0) is 13.7. The minimum atomic E-state index is 0.118. The smallest absolute Gasteiger partial charge is 0.274 e. The fraction of sp³-hybridized carbons (Fsp3) is 0.312. The molecule has 0 atom stereocenters. The van der Waals surface area contributed by atoms with Gasteiger partial charge in [-0.05, 0) is 52.9 Å². The third-order valence-corrected chi connectivity index (χ3v) is 4.54. The van der Waals surface area contributed by atoms with E-state index in [9.17, 15) is 4.79 Å². The van der Waals surface area contributed by atoms with E-state index < -0.39 is 0 Å². The summed E-state index contributed by atoms with van der Waals surface area (Å²) in [5.74, 6) is 0.118. The molecule has 2 aliphatic rings. The Hall–Kier alpha value is -1.55. The molecule has 2 aromatic rings. The van der Waals surface area contributed by atoms with E-state index in [1.54, 1.807) is 0 Å². The van der Waals surface area contributed by atoms with Crippen LogP contribution in [0.2, 0.25) is 0 Å². The van der Waals surface area contributed by atoms with Crippen molar-refractivity contribution in [2.24, 2.45) is 0 Å². The second kappa shape index (κ2) is 4.48. The molecule has 1 aromatic heterocycles.